The van der Waals surface area contributed by atoms with Gasteiger partial charge >= 0.3 is 30.2 Å². The van der Waals surface area contributed by atoms with E-state index in [1.54, 1.807) is 23.2 Å². The van der Waals surface area contributed by atoms with Crippen LogP contribution in [0, 0.1) is 6.92 Å². The van der Waals surface area contributed by atoms with E-state index in [1.807, 2.05) is 103 Å². The van der Waals surface area contributed by atoms with Crippen molar-refractivity contribution in [1.29, 1.82) is 0 Å². The molecule has 3 fully saturated rings. The number of urea groups is 1. The number of aromatic nitrogens is 3. The minimum atomic E-state index is -0.899. The van der Waals surface area contributed by atoms with E-state index in [1.165, 1.54) is 23.3 Å². The summed E-state index contributed by atoms with van der Waals surface area (Å²) in [7, 11) is 5.04. The summed E-state index contributed by atoms with van der Waals surface area (Å²) in [5.41, 5.74) is 4.74. The molecule has 2 aromatic heterocycles. The topological polar surface area (TPSA) is 211 Å². The highest BCUT2D eigenvalue weighted by Gasteiger charge is 2.34. The third kappa shape index (κ3) is 14.9. The van der Waals surface area contributed by atoms with Crippen LogP contribution >= 0.6 is 0 Å². The number of rotatable bonds is 18. The van der Waals surface area contributed by atoms with Crippen molar-refractivity contribution in [3.05, 3.63) is 147 Å². The monoisotopic (exact) mass is 1110 g/mol. The van der Waals surface area contributed by atoms with Crippen molar-refractivity contribution in [1.82, 2.24) is 49.1 Å². The van der Waals surface area contributed by atoms with Crippen LogP contribution in [0.15, 0.2) is 114 Å². The number of piperazine rings is 1. The number of para-hydroxylation sites is 1. The molecular formula is C60H72N10O11. The molecule has 6 aromatic rings. The van der Waals surface area contributed by atoms with Crippen molar-refractivity contribution < 1.29 is 47.7 Å². The molecule has 0 saturated carbocycles. The number of ether oxygens (including phenoxy) is 4. The standard InChI is InChI=1S/C60H72N10O11/c1-42-31-45(32-48-35-69(62-55(42)48)40-80-53(71)36-64(3)59(76)78-38-43-13-7-5-8-14-43)33-51(57(74)67-29-27-66(28-30-67)49-21-23-63(2)24-22-49)61-58(75)68-25-19-46(20-26-68)50-34-47-17-11-12-18-52(47)70(56(50)73)41-81-54(72)37-65(4)60(77)79-39-44-15-9-6-10-16-44/h5-18,31-32,34-35,46,49,51H,19-30,33,36-41H2,1-4H3,(H,61,75)/t51-/m1/s1. The molecule has 1 N–H and O–H groups in total. The molecular weight excluding hydrogens is 1040 g/mol. The van der Waals surface area contributed by atoms with Crippen LogP contribution in [0.2, 0.25) is 0 Å². The van der Waals surface area contributed by atoms with Gasteiger partial charge in [0.15, 0.2) is 13.5 Å². The van der Waals surface area contributed by atoms with Gasteiger partial charge in [0.05, 0.1) is 11.0 Å². The van der Waals surface area contributed by atoms with Gasteiger partial charge < -0.3 is 48.8 Å². The molecule has 428 valence electrons. The Balaban J connectivity index is 0.835. The quantitative estimate of drug-likeness (QED) is 0.0781. The lowest BCUT2D eigenvalue weighted by molar-refractivity contribution is -0.149. The number of likely N-dealkylation sites (N-methyl/N-ethyl adjacent to an activating group) is 2. The number of pyridine rings is 1. The molecule has 9 rings (SSSR count). The maximum absolute atomic E-state index is 14.7. The minimum absolute atomic E-state index is 0.0465. The zero-order chi connectivity index (χ0) is 57.0. The number of nitrogens with one attached hydrogen (secondary N) is 1. The number of fused-ring (bicyclic) bond motifs is 2. The normalized spacial score (nSPS) is 16.0. The molecule has 5 amide bonds. The number of benzene rings is 4. The fraction of sp³-hybridized carbons (Fsp3) is 0.433. The summed E-state index contributed by atoms with van der Waals surface area (Å²) >= 11 is 0. The number of hydrogen-bond acceptors (Lipinski definition) is 14. The second kappa shape index (κ2) is 26.8. The van der Waals surface area contributed by atoms with Gasteiger partial charge in [-0.2, -0.15) is 5.10 Å². The minimum Gasteiger partial charge on any atom is -0.445 e. The summed E-state index contributed by atoms with van der Waals surface area (Å²) in [5.74, 6) is -1.74. The third-order valence-electron chi connectivity index (χ3n) is 15.5. The predicted octanol–water partition coefficient (Wildman–Crippen LogP) is 5.94. The van der Waals surface area contributed by atoms with Gasteiger partial charge in [0, 0.05) is 83.0 Å². The maximum Gasteiger partial charge on any atom is 0.410 e. The third-order valence-corrected chi connectivity index (χ3v) is 15.5. The van der Waals surface area contributed by atoms with Crippen molar-refractivity contribution in [2.45, 2.75) is 83.7 Å². The summed E-state index contributed by atoms with van der Waals surface area (Å²) in [6.07, 6.45) is 3.72. The second-order valence-electron chi connectivity index (χ2n) is 21.4. The fourth-order valence-corrected chi connectivity index (χ4v) is 10.9. The number of piperidine rings is 2. The van der Waals surface area contributed by atoms with Crippen molar-refractivity contribution >= 4 is 57.9 Å². The van der Waals surface area contributed by atoms with Gasteiger partial charge in [-0.1, -0.05) is 84.9 Å². The van der Waals surface area contributed by atoms with Crippen LogP contribution in [-0.2, 0) is 66.4 Å². The van der Waals surface area contributed by atoms with Crippen molar-refractivity contribution in [3.8, 4) is 0 Å². The average molecular weight is 1110 g/mol. The number of amides is 5. The summed E-state index contributed by atoms with van der Waals surface area (Å²) in [6.45, 7) is 6.07. The highest BCUT2D eigenvalue weighted by molar-refractivity contribution is 5.88. The molecule has 4 aromatic carbocycles. The van der Waals surface area contributed by atoms with Crippen LogP contribution in [-0.4, -0.2) is 178 Å². The zero-order valence-electron chi connectivity index (χ0n) is 46.6. The fourth-order valence-electron chi connectivity index (χ4n) is 10.9. The molecule has 0 bridgehead atoms. The van der Waals surface area contributed by atoms with E-state index in [0.29, 0.717) is 61.7 Å². The van der Waals surface area contributed by atoms with Gasteiger partial charge in [-0.15, -0.1) is 0 Å². The van der Waals surface area contributed by atoms with Crippen LogP contribution in [0.1, 0.15) is 59.4 Å². The highest BCUT2D eigenvalue weighted by atomic mass is 16.6. The number of carbonyl (C=O) groups excluding carboxylic acids is 6. The molecule has 0 aliphatic carbocycles. The smallest absolute Gasteiger partial charge is 0.410 e. The van der Waals surface area contributed by atoms with Crippen LogP contribution in [0.4, 0.5) is 14.4 Å². The molecule has 3 saturated heterocycles. The molecule has 5 heterocycles. The number of likely N-dealkylation sites (tertiary alicyclic amines) is 2. The molecule has 21 heteroatoms. The van der Waals surface area contributed by atoms with Crippen LogP contribution in [0.3, 0.4) is 0 Å². The highest BCUT2D eigenvalue weighted by Crippen LogP contribution is 2.29. The Morgan fingerprint density at radius 1 is 0.642 bits per heavy atom. The first-order chi connectivity index (χ1) is 39.1. The van der Waals surface area contributed by atoms with Gasteiger partial charge in [-0.05, 0) is 105 Å². The number of aryl methyl sites for hydroxylation is 1. The maximum atomic E-state index is 14.7. The van der Waals surface area contributed by atoms with Crippen molar-refractivity contribution in [2.24, 2.45) is 0 Å². The van der Waals surface area contributed by atoms with Crippen molar-refractivity contribution in [2.75, 3.05) is 86.6 Å². The summed E-state index contributed by atoms with van der Waals surface area (Å²) in [5, 5.41) is 9.33. The largest absolute Gasteiger partial charge is 0.445 e. The van der Waals surface area contributed by atoms with E-state index in [-0.39, 0.29) is 69.6 Å². The lowest BCUT2D eigenvalue weighted by atomic mass is 9.89. The van der Waals surface area contributed by atoms with E-state index >= 15 is 0 Å². The summed E-state index contributed by atoms with van der Waals surface area (Å²) in [4.78, 5) is 105. The molecule has 3 aliphatic rings. The van der Waals surface area contributed by atoms with Crippen LogP contribution < -0.4 is 10.9 Å². The Bertz CT molecular complexity index is 3240. The molecule has 1 atom stereocenters. The van der Waals surface area contributed by atoms with Gasteiger partial charge in [0.1, 0.15) is 32.3 Å². The van der Waals surface area contributed by atoms with Crippen LogP contribution in [0.5, 0.6) is 0 Å². The number of nitrogens with zero attached hydrogens (tertiary/aromatic N) is 9. The number of hydrogen-bond donors (Lipinski definition) is 1. The Kier molecular flexibility index (Phi) is 19.0. The number of esters is 2. The van der Waals surface area contributed by atoms with E-state index in [2.05, 4.69) is 27.3 Å². The van der Waals surface area contributed by atoms with Crippen LogP contribution in [0.25, 0.3) is 21.8 Å². The molecule has 21 nitrogen and oxygen atoms in total. The Hall–Kier alpha value is -8.30. The van der Waals surface area contributed by atoms with Gasteiger partial charge in [-0.3, -0.25) is 28.6 Å². The van der Waals surface area contributed by atoms with Gasteiger partial charge in [0.2, 0.25) is 5.91 Å². The van der Waals surface area contributed by atoms with Gasteiger partial charge in [0.25, 0.3) is 5.56 Å². The lowest BCUT2D eigenvalue weighted by Crippen LogP contribution is -2.59. The summed E-state index contributed by atoms with van der Waals surface area (Å²) in [6, 6.07) is 30.7. The molecule has 3 aliphatic heterocycles. The van der Waals surface area contributed by atoms with E-state index in [4.69, 9.17) is 18.9 Å². The van der Waals surface area contributed by atoms with Gasteiger partial charge in [-0.25, -0.2) is 19.1 Å². The first-order valence-electron chi connectivity index (χ1n) is 27.7. The van der Waals surface area contributed by atoms with E-state index < -0.39 is 30.2 Å². The first kappa shape index (κ1) is 57.4. The Morgan fingerprint density at radius 3 is 1.84 bits per heavy atom. The Labute approximate surface area is 470 Å². The number of carbonyl (C=O) groups is 6. The summed E-state index contributed by atoms with van der Waals surface area (Å²) < 4.78 is 24.7. The Morgan fingerprint density at radius 2 is 1.22 bits per heavy atom. The SMILES string of the molecule is Cc1cc(C[C@@H](NC(=O)N2CCC(c3cc4ccccc4n(COC(=O)CN(C)C(=O)OCc4ccccc4)c3=O)CC2)C(=O)N2CCN(C3CCN(C)CC3)CC2)cc2cn(COC(=O)CN(C)C(=O)OCc3ccccc3)nc12. The second-order valence-corrected chi connectivity index (χ2v) is 21.4. The zero-order valence-corrected chi connectivity index (χ0v) is 46.6. The van der Waals surface area contributed by atoms with Crippen molar-refractivity contribution in [3.63, 3.8) is 0 Å². The molecule has 0 spiro atoms. The predicted molar refractivity (Wildman–Crippen MR) is 302 cm³/mol. The first-order valence-corrected chi connectivity index (χ1v) is 27.7. The molecule has 0 unspecified atom stereocenters. The lowest BCUT2D eigenvalue weighted by Gasteiger charge is -2.43. The molecule has 0 radical (unpaired) electrons. The van der Waals surface area contributed by atoms with E-state index in [9.17, 15) is 33.6 Å². The average Bonchev–Trinajstić information content (AvgIpc) is 4.12. The van der Waals surface area contributed by atoms with E-state index in [0.717, 1.165) is 81.8 Å². The molecule has 81 heavy (non-hydrogen) atoms.